The van der Waals surface area contributed by atoms with E-state index in [0.717, 1.165) is 49.3 Å². The highest BCUT2D eigenvalue weighted by Crippen LogP contribution is 2.21. The summed E-state index contributed by atoms with van der Waals surface area (Å²) in [6.45, 7) is 5.54. The van der Waals surface area contributed by atoms with Crippen molar-refractivity contribution in [2.75, 3.05) is 38.5 Å². The molecule has 0 spiro atoms. The van der Waals surface area contributed by atoms with Gasteiger partial charge in [0.25, 0.3) is 5.22 Å². The highest BCUT2D eigenvalue weighted by molar-refractivity contribution is 7.99. The number of nitrogens with zero attached hydrogens (tertiary/aromatic N) is 3. The van der Waals surface area contributed by atoms with Gasteiger partial charge in [0.15, 0.2) is 11.2 Å². The smallest absolute Gasteiger partial charge is 0.475 e. The number of thioether (sulfide) groups is 1. The van der Waals surface area contributed by atoms with Crippen LogP contribution in [0.2, 0.25) is 0 Å². The molecular formula is C16H18F6N4O5S. The van der Waals surface area contributed by atoms with E-state index in [0.29, 0.717) is 5.65 Å². The second-order valence-corrected chi connectivity index (χ2v) is 6.90. The van der Waals surface area contributed by atoms with Crippen LogP contribution in [0.1, 0.15) is 0 Å². The monoisotopic (exact) mass is 492 g/mol. The fourth-order valence-electron chi connectivity index (χ4n) is 2.01. The Hall–Kier alpha value is -2.59. The molecule has 3 N–H and O–H groups in total. The molecule has 1 saturated heterocycles. The number of carboxylic acid groups (broad SMARTS) is 2. The highest BCUT2D eigenvalue weighted by Gasteiger charge is 2.38. The molecule has 1 aliphatic heterocycles. The normalized spacial score (nSPS) is 14.7. The number of oxazole rings is 1. The molecule has 0 unspecified atom stereocenters. The first-order valence-electron chi connectivity index (χ1n) is 8.68. The molecule has 32 heavy (non-hydrogen) atoms. The number of hydrogen-bond acceptors (Lipinski definition) is 8. The van der Waals surface area contributed by atoms with E-state index in [-0.39, 0.29) is 0 Å². The number of carboxylic acids is 2. The van der Waals surface area contributed by atoms with Crippen molar-refractivity contribution < 1.29 is 50.6 Å². The van der Waals surface area contributed by atoms with Gasteiger partial charge in [-0.2, -0.15) is 31.3 Å². The fraction of sp³-hybridized carbons (Fsp3) is 0.500. The summed E-state index contributed by atoms with van der Waals surface area (Å²) in [7, 11) is 0. The van der Waals surface area contributed by atoms with E-state index in [1.54, 1.807) is 18.0 Å². The minimum Gasteiger partial charge on any atom is -0.475 e. The molecule has 0 atom stereocenters. The van der Waals surface area contributed by atoms with Gasteiger partial charge >= 0.3 is 24.3 Å². The third-order valence-electron chi connectivity index (χ3n) is 3.47. The van der Waals surface area contributed by atoms with Gasteiger partial charge in [0.2, 0.25) is 0 Å². The Morgan fingerprint density at radius 3 is 2.09 bits per heavy atom. The van der Waals surface area contributed by atoms with Crippen LogP contribution in [0, 0.1) is 0 Å². The lowest BCUT2D eigenvalue weighted by Gasteiger charge is -2.26. The number of hydrogen-bond donors (Lipinski definition) is 3. The molecule has 0 aromatic carbocycles. The van der Waals surface area contributed by atoms with E-state index < -0.39 is 24.3 Å². The van der Waals surface area contributed by atoms with E-state index in [2.05, 4.69) is 20.2 Å². The van der Waals surface area contributed by atoms with Gasteiger partial charge in [-0.25, -0.2) is 14.6 Å². The molecule has 0 radical (unpaired) electrons. The molecule has 1 fully saturated rings. The Balaban J connectivity index is 0.000000305. The Labute approximate surface area is 180 Å². The largest absolute Gasteiger partial charge is 0.490 e. The van der Waals surface area contributed by atoms with Gasteiger partial charge in [0, 0.05) is 44.7 Å². The van der Waals surface area contributed by atoms with Crippen LogP contribution in [-0.4, -0.2) is 87.8 Å². The maximum Gasteiger partial charge on any atom is 0.490 e. The zero-order valence-corrected chi connectivity index (χ0v) is 16.9. The predicted octanol–water partition coefficient (Wildman–Crippen LogP) is 2.49. The maximum absolute atomic E-state index is 10.6. The van der Waals surface area contributed by atoms with E-state index in [1.165, 1.54) is 0 Å². The van der Waals surface area contributed by atoms with E-state index in [1.807, 2.05) is 12.1 Å². The summed E-state index contributed by atoms with van der Waals surface area (Å²) in [5.74, 6) is -4.51. The van der Waals surface area contributed by atoms with Crippen LogP contribution in [0.15, 0.2) is 28.0 Å². The molecule has 0 bridgehead atoms. The highest BCUT2D eigenvalue weighted by atomic mass is 32.2. The fourth-order valence-corrected chi connectivity index (χ4v) is 2.83. The topological polar surface area (TPSA) is 129 Å². The molecular weight excluding hydrogens is 474 g/mol. The quantitative estimate of drug-likeness (QED) is 0.433. The molecule has 0 amide bonds. The lowest BCUT2D eigenvalue weighted by atomic mass is 10.4. The van der Waals surface area contributed by atoms with Crippen LogP contribution >= 0.6 is 11.8 Å². The van der Waals surface area contributed by atoms with Crippen molar-refractivity contribution in [1.82, 2.24) is 20.2 Å². The summed E-state index contributed by atoms with van der Waals surface area (Å²) in [4.78, 5) is 28.8. The minimum absolute atomic E-state index is 0.696. The third kappa shape index (κ3) is 10.6. The van der Waals surface area contributed by atoms with E-state index >= 15 is 0 Å². The second-order valence-electron chi connectivity index (χ2n) is 5.85. The number of piperazine rings is 1. The van der Waals surface area contributed by atoms with Gasteiger partial charge in [0.05, 0.1) is 0 Å². The summed E-state index contributed by atoms with van der Waals surface area (Å²) >= 11 is 1.66. The summed E-state index contributed by atoms with van der Waals surface area (Å²) in [5.41, 5.74) is 1.46. The number of alkyl halides is 6. The van der Waals surface area contributed by atoms with Crippen LogP contribution in [0.25, 0.3) is 11.2 Å². The first-order chi connectivity index (χ1) is 14.8. The third-order valence-corrected chi connectivity index (χ3v) is 4.28. The Kier molecular flexibility index (Phi) is 10.7. The molecule has 9 nitrogen and oxygen atoms in total. The van der Waals surface area contributed by atoms with E-state index in [4.69, 9.17) is 24.2 Å². The molecule has 3 heterocycles. The number of rotatable bonds is 4. The van der Waals surface area contributed by atoms with Crippen LogP contribution in [-0.2, 0) is 9.59 Å². The van der Waals surface area contributed by atoms with Crippen molar-refractivity contribution in [3.05, 3.63) is 18.3 Å². The number of aliphatic carboxylic acids is 2. The summed E-state index contributed by atoms with van der Waals surface area (Å²) in [6.07, 6.45) is -8.43. The summed E-state index contributed by atoms with van der Waals surface area (Å²) < 4.78 is 69.1. The Morgan fingerprint density at radius 2 is 1.62 bits per heavy atom. The lowest BCUT2D eigenvalue weighted by Crippen LogP contribution is -2.44. The summed E-state index contributed by atoms with van der Waals surface area (Å²) in [5, 5.41) is 18.3. The SMILES string of the molecule is O=C(O)C(F)(F)F.O=C(O)C(F)(F)F.c1cnc2nc(SCCN3CCNCC3)oc2c1. The lowest BCUT2D eigenvalue weighted by molar-refractivity contribution is -0.193. The van der Waals surface area contributed by atoms with Crippen molar-refractivity contribution in [1.29, 1.82) is 0 Å². The molecule has 180 valence electrons. The average molecular weight is 492 g/mol. The van der Waals surface area contributed by atoms with Crippen LogP contribution < -0.4 is 5.32 Å². The van der Waals surface area contributed by atoms with Crippen LogP contribution in [0.5, 0.6) is 0 Å². The van der Waals surface area contributed by atoms with Gasteiger partial charge in [0.1, 0.15) is 0 Å². The number of carbonyl (C=O) groups is 2. The van der Waals surface area contributed by atoms with Gasteiger partial charge in [-0.1, -0.05) is 11.8 Å². The average Bonchev–Trinajstić information content (AvgIpc) is 3.11. The van der Waals surface area contributed by atoms with Gasteiger partial charge in [-0.05, 0) is 12.1 Å². The molecule has 3 rings (SSSR count). The number of halogens is 6. The Morgan fingerprint density at radius 1 is 1.09 bits per heavy atom. The first kappa shape index (κ1) is 27.4. The van der Waals surface area contributed by atoms with Crippen molar-refractivity contribution in [3.8, 4) is 0 Å². The van der Waals surface area contributed by atoms with Gasteiger partial charge < -0.3 is 19.9 Å². The number of aromatic nitrogens is 2. The number of nitrogens with one attached hydrogen (secondary N) is 1. The molecule has 1 aliphatic rings. The van der Waals surface area contributed by atoms with Crippen molar-refractivity contribution >= 4 is 34.9 Å². The molecule has 0 saturated carbocycles. The second kappa shape index (κ2) is 12.4. The maximum atomic E-state index is 10.6. The van der Waals surface area contributed by atoms with Crippen molar-refractivity contribution in [2.24, 2.45) is 0 Å². The molecule has 16 heteroatoms. The van der Waals surface area contributed by atoms with Gasteiger partial charge in [-0.15, -0.1) is 0 Å². The number of pyridine rings is 1. The molecule has 0 aliphatic carbocycles. The Bertz CT molecular complexity index is 813. The zero-order valence-electron chi connectivity index (χ0n) is 16.1. The predicted molar refractivity (Wildman–Crippen MR) is 99.2 cm³/mol. The van der Waals surface area contributed by atoms with Crippen molar-refractivity contribution in [2.45, 2.75) is 17.6 Å². The zero-order chi connectivity index (χ0) is 24.4. The molecule has 2 aromatic heterocycles. The van der Waals surface area contributed by atoms with Gasteiger partial charge in [-0.3, -0.25) is 4.90 Å². The minimum atomic E-state index is -5.08. The number of fused-ring (bicyclic) bond motifs is 1. The molecule has 2 aromatic rings. The first-order valence-corrected chi connectivity index (χ1v) is 9.67. The van der Waals surface area contributed by atoms with Crippen LogP contribution in [0.4, 0.5) is 26.3 Å². The van der Waals surface area contributed by atoms with Crippen LogP contribution in [0.3, 0.4) is 0 Å². The van der Waals surface area contributed by atoms with Crippen molar-refractivity contribution in [3.63, 3.8) is 0 Å². The summed E-state index contributed by atoms with van der Waals surface area (Å²) in [6, 6.07) is 3.76. The standard InChI is InChI=1S/C12H16N4OS.2C2HF3O2/c1-2-10-11(14-3-1)15-12(17-10)18-9-8-16-6-4-13-5-7-16;2*3-2(4,5)1(6)7/h1-3,13H,4-9H2;2*(H,6,7). The van der Waals surface area contributed by atoms with E-state index in [9.17, 15) is 26.3 Å².